The van der Waals surface area contributed by atoms with Gasteiger partial charge in [-0.2, -0.15) is 0 Å². The number of benzene rings is 2. The van der Waals surface area contributed by atoms with Gasteiger partial charge in [-0.25, -0.2) is 4.98 Å². The maximum Gasteiger partial charge on any atom is 0.308 e. The molecule has 1 atom stereocenters. The van der Waals surface area contributed by atoms with Gasteiger partial charge in [-0.05, 0) is 36.8 Å². The summed E-state index contributed by atoms with van der Waals surface area (Å²) in [6, 6.07) is 15.9. The molecule has 0 saturated carbocycles. The van der Waals surface area contributed by atoms with E-state index in [-0.39, 0.29) is 24.7 Å². The second kappa shape index (κ2) is 9.89. The first-order chi connectivity index (χ1) is 14.0. The maximum atomic E-state index is 12.6. The van der Waals surface area contributed by atoms with Gasteiger partial charge in [0.1, 0.15) is 6.26 Å². The lowest BCUT2D eigenvalue weighted by Crippen LogP contribution is -2.31. The predicted molar refractivity (Wildman–Crippen MR) is 109 cm³/mol. The summed E-state index contributed by atoms with van der Waals surface area (Å²) in [5, 5.41) is 3.51. The number of nitrogens with one attached hydrogen (secondary N) is 1. The highest BCUT2D eigenvalue weighted by Gasteiger charge is 2.20. The zero-order chi connectivity index (χ0) is 20.6. The van der Waals surface area contributed by atoms with Crippen molar-refractivity contribution >= 4 is 23.5 Å². The summed E-state index contributed by atoms with van der Waals surface area (Å²) >= 11 is 5.89. The van der Waals surface area contributed by atoms with E-state index in [0.29, 0.717) is 23.2 Å². The van der Waals surface area contributed by atoms with Crippen molar-refractivity contribution in [3.63, 3.8) is 0 Å². The monoisotopic (exact) mass is 412 g/mol. The van der Waals surface area contributed by atoms with Crippen molar-refractivity contribution in [1.29, 1.82) is 0 Å². The lowest BCUT2D eigenvalue weighted by molar-refractivity contribution is -0.143. The molecule has 0 saturated heterocycles. The smallest absolute Gasteiger partial charge is 0.308 e. The zero-order valence-corrected chi connectivity index (χ0v) is 16.7. The van der Waals surface area contributed by atoms with E-state index in [1.54, 1.807) is 31.2 Å². The maximum absolute atomic E-state index is 12.6. The second-order valence-electron chi connectivity index (χ2n) is 6.37. The molecule has 0 bridgehead atoms. The first kappa shape index (κ1) is 20.6. The third-order valence-electron chi connectivity index (χ3n) is 4.20. The molecule has 1 aromatic heterocycles. The number of esters is 1. The first-order valence-corrected chi connectivity index (χ1v) is 9.63. The molecule has 0 aliphatic rings. The molecule has 29 heavy (non-hydrogen) atoms. The molecule has 150 valence electrons. The van der Waals surface area contributed by atoms with Gasteiger partial charge in [-0.15, -0.1) is 0 Å². The van der Waals surface area contributed by atoms with Gasteiger partial charge < -0.3 is 14.5 Å². The molecule has 1 unspecified atom stereocenters. The van der Waals surface area contributed by atoms with Crippen LogP contribution in [0.1, 0.15) is 30.6 Å². The molecule has 0 aliphatic carbocycles. The van der Waals surface area contributed by atoms with Gasteiger partial charge in [0, 0.05) is 10.6 Å². The molecule has 2 aromatic carbocycles. The van der Waals surface area contributed by atoms with Crippen molar-refractivity contribution in [2.24, 2.45) is 0 Å². The quantitative estimate of drug-likeness (QED) is 0.556. The van der Waals surface area contributed by atoms with Gasteiger partial charge in [0.15, 0.2) is 0 Å². The standard InChI is InChI=1S/C22H21ClN2O4/c1-2-28-21(27)13-19(15-6-4-3-5-7-15)25-20(26)12-18-14-29-22(24-18)16-8-10-17(23)11-9-16/h3-11,14,19H,2,12-13H2,1H3,(H,25,26). The Kier molecular flexibility index (Phi) is 7.03. The number of nitrogens with zero attached hydrogens (tertiary/aromatic N) is 1. The van der Waals surface area contributed by atoms with Crippen LogP contribution in [0.3, 0.4) is 0 Å². The van der Waals surface area contributed by atoms with Crippen LogP contribution in [0.25, 0.3) is 11.5 Å². The first-order valence-electron chi connectivity index (χ1n) is 9.25. The number of carbonyl (C=O) groups excluding carboxylic acids is 2. The predicted octanol–water partition coefficient (Wildman–Crippen LogP) is 4.35. The number of hydrogen-bond donors (Lipinski definition) is 1. The molecule has 7 heteroatoms. The summed E-state index contributed by atoms with van der Waals surface area (Å²) in [6.07, 6.45) is 1.54. The molecule has 1 amide bonds. The van der Waals surface area contributed by atoms with Crippen molar-refractivity contribution in [2.75, 3.05) is 6.61 Å². The van der Waals surface area contributed by atoms with Gasteiger partial charge in [-0.3, -0.25) is 9.59 Å². The van der Waals surface area contributed by atoms with Gasteiger partial charge in [0.25, 0.3) is 0 Å². The topological polar surface area (TPSA) is 81.4 Å². The van der Waals surface area contributed by atoms with Crippen molar-refractivity contribution in [1.82, 2.24) is 10.3 Å². The van der Waals surface area contributed by atoms with E-state index < -0.39 is 6.04 Å². The molecular weight excluding hydrogens is 392 g/mol. The van der Waals surface area contributed by atoms with Crippen molar-refractivity contribution in [3.05, 3.63) is 77.1 Å². The lowest BCUT2D eigenvalue weighted by atomic mass is 10.0. The average Bonchev–Trinajstić information content (AvgIpc) is 3.17. The SMILES string of the molecule is CCOC(=O)CC(NC(=O)Cc1coc(-c2ccc(Cl)cc2)n1)c1ccccc1. The third-order valence-corrected chi connectivity index (χ3v) is 4.45. The minimum Gasteiger partial charge on any atom is -0.466 e. The summed E-state index contributed by atoms with van der Waals surface area (Å²) in [4.78, 5) is 28.9. The molecule has 6 nitrogen and oxygen atoms in total. The summed E-state index contributed by atoms with van der Waals surface area (Å²) in [7, 11) is 0. The van der Waals surface area contributed by atoms with Gasteiger partial charge in [0.05, 0.1) is 31.2 Å². The Morgan fingerprint density at radius 2 is 1.86 bits per heavy atom. The van der Waals surface area contributed by atoms with E-state index in [1.807, 2.05) is 30.3 Å². The van der Waals surface area contributed by atoms with Crippen LogP contribution >= 0.6 is 11.6 Å². The number of hydrogen-bond acceptors (Lipinski definition) is 5. The average molecular weight is 413 g/mol. The second-order valence-corrected chi connectivity index (χ2v) is 6.80. The van der Waals surface area contributed by atoms with Crippen LogP contribution in [0.15, 0.2) is 65.3 Å². The Balaban J connectivity index is 1.67. The molecule has 0 spiro atoms. The highest BCUT2D eigenvalue weighted by atomic mass is 35.5. The number of amides is 1. The van der Waals surface area contributed by atoms with Crippen LogP contribution < -0.4 is 5.32 Å². The fraction of sp³-hybridized carbons (Fsp3) is 0.227. The third kappa shape index (κ3) is 5.93. The zero-order valence-electron chi connectivity index (χ0n) is 15.9. The van der Waals surface area contributed by atoms with Gasteiger partial charge in [0.2, 0.25) is 11.8 Å². The lowest BCUT2D eigenvalue weighted by Gasteiger charge is -2.18. The van der Waals surface area contributed by atoms with Crippen molar-refractivity contribution < 1.29 is 18.7 Å². The fourth-order valence-electron chi connectivity index (χ4n) is 2.85. The summed E-state index contributed by atoms with van der Waals surface area (Å²) in [5.41, 5.74) is 2.09. The van der Waals surface area contributed by atoms with E-state index >= 15 is 0 Å². The van der Waals surface area contributed by atoms with Crippen LogP contribution in [0, 0.1) is 0 Å². The molecule has 0 radical (unpaired) electrons. The Morgan fingerprint density at radius 3 is 2.55 bits per heavy atom. The number of rotatable bonds is 8. The molecule has 0 fully saturated rings. The van der Waals surface area contributed by atoms with Crippen LogP contribution in [-0.4, -0.2) is 23.5 Å². The number of halogens is 1. The number of carbonyl (C=O) groups is 2. The Labute approximate surface area is 173 Å². The molecular formula is C22H21ClN2O4. The van der Waals surface area contributed by atoms with Gasteiger partial charge in [-0.1, -0.05) is 41.9 Å². The van der Waals surface area contributed by atoms with E-state index in [9.17, 15) is 9.59 Å². The Bertz CT molecular complexity index is 954. The van der Waals surface area contributed by atoms with Crippen LogP contribution in [0.5, 0.6) is 0 Å². The van der Waals surface area contributed by atoms with Crippen molar-refractivity contribution in [2.45, 2.75) is 25.8 Å². The van der Waals surface area contributed by atoms with Crippen LogP contribution in [-0.2, 0) is 20.7 Å². The summed E-state index contributed by atoms with van der Waals surface area (Å²) in [5.74, 6) is -0.220. The Hall–Kier alpha value is -3.12. The number of ether oxygens (including phenoxy) is 1. The normalized spacial score (nSPS) is 11.7. The largest absolute Gasteiger partial charge is 0.466 e. The summed E-state index contributed by atoms with van der Waals surface area (Å²) in [6.45, 7) is 2.04. The van der Waals surface area contributed by atoms with Crippen molar-refractivity contribution in [3.8, 4) is 11.5 Å². The van der Waals surface area contributed by atoms with Gasteiger partial charge >= 0.3 is 5.97 Å². The fourth-order valence-corrected chi connectivity index (χ4v) is 2.97. The molecule has 3 aromatic rings. The molecule has 1 heterocycles. The molecule has 0 aliphatic heterocycles. The summed E-state index contributed by atoms with van der Waals surface area (Å²) < 4.78 is 10.5. The van der Waals surface area contributed by atoms with E-state index in [1.165, 1.54) is 6.26 Å². The van der Waals surface area contributed by atoms with E-state index in [2.05, 4.69) is 10.3 Å². The highest BCUT2D eigenvalue weighted by molar-refractivity contribution is 6.30. The Morgan fingerprint density at radius 1 is 1.14 bits per heavy atom. The number of oxazole rings is 1. The van der Waals surface area contributed by atoms with E-state index in [4.69, 9.17) is 20.8 Å². The van der Waals surface area contributed by atoms with Crippen LogP contribution in [0.2, 0.25) is 5.02 Å². The number of aromatic nitrogens is 1. The molecule has 1 N–H and O–H groups in total. The molecule has 3 rings (SSSR count). The van der Waals surface area contributed by atoms with Crippen LogP contribution in [0.4, 0.5) is 0 Å². The van der Waals surface area contributed by atoms with E-state index in [0.717, 1.165) is 11.1 Å². The minimum absolute atomic E-state index is 0.0310. The highest BCUT2D eigenvalue weighted by Crippen LogP contribution is 2.22. The minimum atomic E-state index is -0.481.